The van der Waals surface area contributed by atoms with Gasteiger partial charge in [-0.05, 0) is 43.9 Å². The minimum Gasteiger partial charge on any atom is -0.326 e. The van der Waals surface area contributed by atoms with Gasteiger partial charge in [-0.1, -0.05) is 18.2 Å². The first-order valence-electron chi connectivity index (χ1n) is 7.31. The van der Waals surface area contributed by atoms with Gasteiger partial charge in [-0.3, -0.25) is 4.79 Å². The van der Waals surface area contributed by atoms with Crippen LogP contribution in [0.25, 0.3) is 0 Å². The molecule has 1 aliphatic carbocycles. The molecule has 0 saturated carbocycles. The quantitative estimate of drug-likeness (QED) is 0.866. The molecule has 1 aliphatic rings. The summed E-state index contributed by atoms with van der Waals surface area (Å²) in [5.41, 5.74) is 1.40. The minimum atomic E-state index is -3.51. The number of carbonyl (C=O) groups is 1. The molecule has 6 heteroatoms. The van der Waals surface area contributed by atoms with Gasteiger partial charge in [0.25, 0.3) is 0 Å². The van der Waals surface area contributed by atoms with Gasteiger partial charge in [0.2, 0.25) is 15.9 Å². The van der Waals surface area contributed by atoms with E-state index in [1.165, 1.54) is 20.2 Å². The van der Waals surface area contributed by atoms with Crippen LogP contribution in [0.15, 0.2) is 35.2 Å². The molecule has 1 N–H and O–H groups in total. The van der Waals surface area contributed by atoms with Crippen LogP contribution in [0.5, 0.6) is 0 Å². The van der Waals surface area contributed by atoms with Gasteiger partial charge in [-0.15, -0.1) is 0 Å². The number of hydrogen-bond donors (Lipinski definition) is 1. The lowest BCUT2D eigenvalue weighted by molar-refractivity contribution is -0.120. The molecule has 0 bridgehead atoms. The highest BCUT2D eigenvalue weighted by Gasteiger charge is 2.21. The van der Waals surface area contributed by atoms with Crippen molar-refractivity contribution in [3.63, 3.8) is 0 Å². The van der Waals surface area contributed by atoms with E-state index in [4.69, 9.17) is 0 Å². The Hall–Kier alpha value is -1.66. The van der Waals surface area contributed by atoms with Crippen molar-refractivity contribution in [1.29, 1.82) is 0 Å². The summed E-state index contributed by atoms with van der Waals surface area (Å²) in [6.07, 6.45) is 6.58. The Morgan fingerprint density at radius 1 is 1.27 bits per heavy atom. The number of hydrogen-bond acceptors (Lipinski definition) is 3. The first kappa shape index (κ1) is 16.7. The summed E-state index contributed by atoms with van der Waals surface area (Å²) in [6.45, 7) is 1.85. The highest BCUT2D eigenvalue weighted by Crippen LogP contribution is 2.25. The van der Waals surface area contributed by atoms with E-state index in [1.54, 1.807) is 12.1 Å². The molecule has 22 heavy (non-hydrogen) atoms. The number of sulfonamides is 1. The third-order valence-electron chi connectivity index (χ3n) is 3.89. The fraction of sp³-hybridized carbons (Fsp3) is 0.438. The molecular weight excluding hydrogens is 300 g/mol. The van der Waals surface area contributed by atoms with Gasteiger partial charge in [0.05, 0.1) is 4.90 Å². The summed E-state index contributed by atoms with van der Waals surface area (Å²) in [5.74, 6) is -0.0923. The van der Waals surface area contributed by atoms with Crippen LogP contribution >= 0.6 is 0 Å². The van der Waals surface area contributed by atoms with E-state index in [2.05, 4.69) is 11.4 Å². The fourth-order valence-electron chi connectivity index (χ4n) is 2.37. The molecule has 1 aromatic rings. The molecule has 0 radical (unpaired) electrons. The second kappa shape index (κ2) is 6.62. The average molecular weight is 322 g/mol. The second-order valence-electron chi connectivity index (χ2n) is 5.73. The number of benzene rings is 1. The van der Waals surface area contributed by atoms with E-state index in [9.17, 15) is 13.2 Å². The lowest BCUT2D eigenvalue weighted by atomic mass is 9.93. The van der Waals surface area contributed by atoms with Crippen molar-refractivity contribution >= 4 is 21.6 Å². The summed E-state index contributed by atoms with van der Waals surface area (Å²) in [4.78, 5) is 12.5. The summed E-state index contributed by atoms with van der Waals surface area (Å²) in [5, 5.41) is 2.88. The van der Waals surface area contributed by atoms with Crippen molar-refractivity contribution in [2.24, 2.45) is 5.92 Å². The van der Waals surface area contributed by atoms with Crippen LogP contribution in [0.2, 0.25) is 0 Å². The van der Waals surface area contributed by atoms with E-state index in [1.807, 2.05) is 13.0 Å². The van der Waals surface area contributed by atoms with Crippen molar-refractivity contribution in [2.45, 2.75) is 31.1 Å². The maximum atomic E-state index is 12.3. The topological polar surface area (TPSA) is 66.5 Å². The smallest absolute Gasteiger partial charge is 0.242 e. The predicted molar refractivity (Wildman–Crippen MR) is 87.2 cm³/mol. The van der Waals surface area contributed by atoms with Crippen LogP contribution in [-0.2, 0) is 14.8 Å². The Morgan fingerprint density at radius 3 is 2.59 bits per heavy atom. The largest absolute Gasteiger partial charge is 0.326 e. The zero-order valence-electron chi connectivity index (χ0n) is 13.2. The second-order valence-corrected chi connectivity index (χ2v) is 7.89. The monoisotopic (exact) mass is 322 g/mol. The molecule has 1 aromatic carbocycles. The van der Waals surface area contributed by atoms with Crippen LogP contribution in [-0.4, -0.2) is 32.7 Å². The van der Waals surface area contributed by atoms with E-state index in [0.717, 1.165) is 29.1 Å². The van der Waals surface area contributed by atoms with Gasteiger partial charge in [0, 0.05) is 25.7 Å². The zero-order chi connectivity index (χ0) is 16.3. The number of nitrogens with one attached hydrogen (secondary N) is 1. The molecule has 2 rings (SSSR count). The zero-order valence-corrected chi connectivity index (χ0v) is 14.0. The van der Waals surface area contributed by atoms with Gasteiger partial charge >= 0.3 is 0 Å². The Bertz CT molecular complexity index is 693. The number of allylic oxidation sites excluding steroid dienone is 2. The number of anilines is 1. The van der Waals surface area contributed by atoms with Crippen LogP contribution in [0.4, 0.5) is 5.69 Å². The van der Waals surface area contributed by atoms with Gasteiger partial charge in [-0.2, -0.15) is 0 Å². The van der Waals surface area contributed by atoms with Gasteiger partial charge in [-0.25, -0.2) is 12.7 Å². The Kier molecular flexibility index (Phi) is 5.03. The molecule has 0 aliphatic heterocycles. The number of carbonyl (C=O) groups excluding carboxylic acids is 1. The van der Waals surface area contributed by atoms with Crippen LogP contribution in [0, 0.1) is 12.8 Å². The molecular formula is C16H22N2O3S. The first-order valence-corrected chi connectivity index (χ1v) is 8.75. The molecule has 1 unspecified atom stereocenters. The Balaban J connectivity index is 2.24. The number of rotatable bonds is 4. The van der Waals surface area contributed by atoms with E-state index in [0.29, 0.717) is 5.69 Å². The molecule has 120 valence electrons. The SMILES string of the molecule is Cc1ccc(S(=O)(=O)N(C)C)cc1NC(=O)C1CC=CCC1. The molecule has 0 spiro atoms. The van der Waals surface area contributed by atoms with Crippen molar-refractivity contribution in [3.05, 3.63) is 35.9 Å². The van der Waals surface area contributed by atoms with Crippen molar-refractivity contribution in [3.8, 4) is 0 Å². The normalized spacial score (nSPS) is 18.5. The summed E-state index contributed by atoms with van der Waals surface area (Å²) in [7, 11) is -0.530. The number of nitrogens with zero attached hydrogens (tertiary/aromatic N) is 1. The van der Waals surface area contributed by atoms with Crippen molar-refractivity contribution in [2.75, 3.05) is 19.4 Å². The first-order chi connectivity index (χ1) is 10.3. The summed E-state index contributed by atoms with van der Waals surface area (Å²) in [6, 6.07) is 4.80. The summed E-state index contributed by atoms with van der Waals surface area (Å²) >= 11 is 0. The highest BCUT2D eigenvalue weighted by atomic mass is 32.2. The molecule has 0 fully saturated rings. The standard InChI is InChI=1S/C16H22N2O3S/c1-12-9-10-14(22(20,21)18(2)3)11-15(12)17-16(19)13-7-5-4-6-8-13/h4-5,9-11,13H,6-8H2,1-3H3,(H,17,19). The lowest BCUT2D eigenvalue weighted by Crippen LogP contribution is -2.25. The number of aryl methyl sites for hydroxylation is 1. The van der Waals surface area contributed by atoms with E-state index >= 15 is 0 Å². The minimum absolute atomic E-state index is 0.0430. The average Bonchev–Trinajstić information content (AvgIpc) is 2.50. The van der Waals surface area contributed by atoms with Gasteiger partial charge in [0.1, 0.15) is 0 Å². The third-order valence-corrected chi connectivity index (χ3v) is 5.70. The Morgan fingerprint density at radius 2 is 2.00 bits per heavy atom. The van der Waals surface area contributed by atoms with Gasteiger partial charge < -0.3 is 5.32 Å². The maximum Gasteiger partial charge on any atom is 0.242 e. The molecule has 0 heterocycles. The lowest BCUT2D eigenvalue weighted by Gasteiger charge is -2.19. The molecule has 1 amide bonds. The maximum absolute atomic E-state index is 12.3. The molecule has 0 aromatic heterocycles. The van der Waals surface area contributed by atoms with E-state index < -0.39 is 10.0 Å². The predicted octanol–water partition coefficient (Wildman–Crippen LogP) is 2.54. The summed E-state index contributed by atoms with van der Waals surface area (Å²) < 4.78 is 25.5. The van der Waals surface area contributed by atoms with Crippen LogP contribution in [0.1, 0.15) is 24.8 Å². The molecule has 1 atom stereocenters. The Labute approximate surface area is 132 Å². The van der Waals surface area contributed by atoms with Crippen molar-refractivity contribution in [1.82, 2.24) is 4.31 Å². The van der Waals surface area contributed by atoms with Gasteiger partial charge in [0.15, 0.2) is 0 Å². The molecule has 5 nitrogen and oxygen atoms in total. The van der Waals surface area contributed by atoms with Crippen LogP contribution < -0.4 is 5.32 Å². The van der Waals surface area contributed by atoms with E-state index in [-0.39, 0.29) is 16.7 Å². The van der Waals surface area contributed by atoms with Crippen LogP contribution in [0.3, 0.4) is 0 Å². The molecule has 0 saturated heterocycles. The third kappa shape index (κ3) is 3.56. The highest BCUT2D eigenvalue weighted by molar-refractivity contribution is 7.89. The number of amides is 1. The fourth-order valence-corrected chi connectivity index (χ4v) is 3.30. The van der Waals surface area contributed by atoms with Crippen molar-refractivity contribution < 1.29 is 13.2 Å².